The normalized spacial score (nSPS) is 25.6. The van der Waals surface area contributed by atoms with Crippen molar-refractivity contribution in [2.75, 3.05) is 31.1 Å². The maximum absolute atomic E-state index is 14.7. The summed E-state index contributed by atoms with van der Waals surface area (Å²) in [5, 5.41) is 40.2. The Bertz CT molecular complexity index is 3310. The lowest BCUT2D eigenvalue weighted by Gasteiger charge is -2.31. The molecule has 11 atom stereocenters. The van der Waals surface area contributed by atoms with Crippen LogP contribution in [-0.4, -0.2) is 194 Å². The molecule has 0 saturated carbocycles. The number of aromatic nitrogens is 1. The number of carboxylic acid groups (broad SMARTS) is 1. The number of H-pyrrole nitrogens is 1. The molecule has 3 aliphatic rings. The number of para-hydroxylation sites is 1. The number of guanidine groups is 1. The standard InChI is InChI=1S/C61H81N15O13S2/c1-33-51(79)74-50(34(2)77)57(85)72-45(27-49(63)78)59(87)76-23-11-20-48(76)56(84)70-43(25-35-12-4-3-5-13-35)53(81)73-46(60(88)89)32-91-30-37-15-8-14-36(24-37)29-90-31-40(62)58(86)75-22-10-19-47(75)55(83)71-44(26-38-28-67-41-17-7-6-16-39(38)41)54(82)69-42(52(80)68-33)18-9-21-66-61(64)65/h3-8,12-17,24,28,33-34,40,42-48,50,67,77H,9-11,18-23,25-27,29-32,62H2,1-2H3,(H2,63,78)(H,68,80)(H,69,82)(H,70,84)(H,71,83)(H,72,85)(H,73,81)(H,74,79)(H,88,89)(H4,64,65,66)/t33-,34+,40+,42-,43-,44-,45-,46-,47-,48-,50-/m0/s1. The number of nitrogens with zero attached hydrogens (tertiary/aromatic N) is 3. The van der Waals surface area contributed by atoms with Crippen molar-refractivity contribution in [3.05, 3.63) is 107 Å². The van der Waals surface area contributed by atoms with Gasteiger partial charge in [0, 0.05) is 72.6 Å². The minimum atomic E-state index is -1.84. The number of carbonyl (C=O) groups excluding carboxylic acids is 10. The van der Waals surface area contributed by atoms with E-state index in [2.05, 4.69) is 47.2 Å². The van der Waals surface area contributed by atoms with E-state index in [1.54, 1.807) is 42.6 Å². The highest BCUT2D eigenvalue weighted by atomic mass is 32.2. The van der Waals surface area contributed by atoms with Gasteiger partial charge in [-0.25, -0.2) is 4.79 Å². The van der Waals surface area contributed by atoms with Crippen LogP contribution in [0.15, 0.2) is 90.1 Å². The second-order valence-corrected chi connectivity index (χ2v) is 24.9. The summed E-state index contributed by atoms with van der Waals surface area (Å²) >= 11 is 2.64. The summed E-state index contributed by atoms with van der Waals surface area (Å²) in [7, 11) is 0. The third-order valence-electron chi connectivity index (χ3n) is 15.8. The number of amides is 10. The lowest BCUT2D eigenvalue weighted by Crippen LogP contribution is -2.62. The lowest BCUT2D eigenvalue weighted by molar-refractivity contribution is -0.144. The number of aliphatic hydroxyl groups excluding tert-OH is 1. The number of primary amides is 1. The first-order valence-electron chi connectivity index (χ1n) is 30.0. The van der Waals surface area contributed by atoms with Crippen molar-refractivity contribution < 1.29 is 63.0 Å². The maximum atomic E-state index is 14.7. The second-order valence-electron chi connectivity index (χ2n) is 22.8. The third kappa shape index (κ3) is 19.9. The van der Waals surface area contributed by atoms with Crippen molar-refractivity contribution in [2.24, 2.45) is 27.9 Å². The molecule has 1 aromatic heterocycles. The number of nitrogens with two attached hydrogens (primary N) is 4. The largest absolute Gasteiger partial charge is 0.480 e. The molecule has 2 fully saturated rings. The maximum Gasteiger partial charge on any atom is 0.327 e. The highest BCUT2D eigenvalue weighted by molar-refractivity contribution is 7.98. The number of fused-ring (bicyclic) bond motifs is 5. The average molecular weight is 1300 g/mol. The van der Waals surface area contributed by atoms with Crippen molar-refractivity contribution >= 4 is 105 Å². The Hall–Kier alpha value is -8.74. The smallest absolute Gasteiger partial charge is 0.327 e. The van der Waals surface area contributed by atoms with Gasteiger partial charge in [-0.2, -0.15) is 23.5 Å². The summed E-state index contributed by atoms with van der Waals surface area (Å²) < 4.78 is 0. The fourth-order valence-electron chi connectivity index (χ4n) is 11.0. The fraction of sp³-hybridized carbons (Fsp3) is 0.475. The molecule has 10 amide bonds. The van der Waals surface area contributed by atoms with Gasteiger partial charge in [0.05, 0.1) is 18.6 Å². The third-order valence-corrected chi connectivity index (χ3v) is 18.0. The molecule has 0 aliphatic carbocycles. The fourth-order valence-corrected chi connectivity index (χ4v) is 13.0. The van der Waals surface area contributed by atoms with Crippen LogP contribution < -0.4 is 60.2 Å². The van der Waals surface area contributed by atoms with Gasteiger partial charge < -0.3 is 85.1 Å². The molecule has 7 rings (SSSR count). The molecule has 2 saturated heterocycles. The van der Waals surface area contributed by atoms with E-state index in [0.717, 1.165) is 33.9 Å². The first-order valence-corrected chi connectivity index (χ1v) is 32.3. The zero-order valence-electron chi connectivity index (χ0n) is 50.6. The minimum absolute atomic E-state index is 0.0205. The highest BCUT2D eigenvalue weighted by Gasteiger charge is 2.42. The molecule has 2 bridgehead atoms. The van der Waals surface area contributed by atoms with E-state index in [1.165, 1.54) is 35.3 Å². The van der Waals surface area contributed by atoms with Gasteiger partial charge in [-0.1, -0.05) is 72.8 Å². The summed E-state index contributed by atoms with van der Waals surface area (Å²) in [5.74, 6) is -9.29. The van der Waals surface area contributed by atoms with Crippen LogP contribution in [0.3, 0.4) is 0 Å². The number of benzene rings is 3. The minimum Gasteiger partial charge on any atom is -0.480 e. The summed E-state index contributed by atoms with van der Waals surface area (Å²) in [6.07, 6.45) is 0.136. The number of rotatable bonds is 12. The average Bonchev–Trinajstić information content (AvgIpc) is 2.18. The van der Waals surface area contributed by atoms with Gasteiger partial charge in [-0.3, -0.25) is 52.9 Å². The van der Waals surface area contributed by atoms with Gasteiger partial charge in [-0.05, 0) is 80.7 Å². The van der Waals surface area contributed by atoms with E-state index in [9.17, 15) is 63.0 Å². The van der Waals surface area contributed by atoms with Crippen molar-refractivity contribution in [1.82, 2.24) is 52.0 Å². The van der Waals surface area contributed by atoms with E-state index in [-0.39, 0.29) is 82.0 Å². The van der Waals surface area contributed by atoms with Crippen LogP contribution in [0.5, 0.6) is 0 Å². The number of aliphatic hydroxyl groups is 1. The first kappa shape index (κ1) is 69.7. The zero-order chi connectivity index (χ0) is 65.9. The Morgan fingerprint density at radius 3 is 1.85 bits per heavy atom. The molecule has 3 aliphatic heterocycles. The molecule has 4 aromatic rings. The Morgan fingerprint density at radius 1 is 0.648 bits per heavy atom. The monoisotopic (exact) mass is 1300 g/mol. The lowest BCUT2D eigenvalue weighted by atomic mass is 10.0. The van der Waals surface area contributed by atoms with Gasteiger partial charge in [0.15, 0.2) is 5.96 Å². The predicted molar refractivity (Wildman–Crippen MR) is 341 cm³/mol. The van der Waals surface area contributed by atoms with Crippen molar-refractivity contribution in [2.45, 2.75) is 150 Å². The summed E-state index contributed by atoms with van der Waals surface area (Å²) in [6.45, 7) is 2.60. The van der Waals surface area contributed by atoms with Crippen molar-refractivity contribution in [3.63, 3.8) is 0 Å². The molecule has 0 radical (unpaired) electrons. The predicted octanol–water partition coefficient (Wildman–Crippen LogP) is -1.75. The number of carbonyl (C=O) groups is 11. The van der Waals surface area contributed by atoms with Gasteiger partial charge >= 0.3 is 5.97 Å². The molecular formula is C61H81N15O13S2. The topological polar surface area (TPSA) is 451 Å². The summed E-state index contributed by atoms with van der Waals surface area (Å²) in [4.78, 5) is 164. The quantitative estimate of drug-likeness (QED) is 0.0425. The number of carboxylic acids is 1. The van der Waals surface area contributed by atoms with E-state index in [0.29, 0.717) is 29.1 Å². The molecule has 490 valence electrons. The van der Waals surface area contributed by atoms with E-state index < -0.39 is 138 Å². The highest BCUT2D eigenvalue weighted by Crippen LogP contribution is 2.25. The molecular weight excluding hydrogens is 1210 g/mol. The number of nitrogens with one attached hydrogen (secondary N) is 8. The van der Waals surface area contributed by atoms with Crippen molar-refractivity contribution in [1.29, 1.82) is 0 Å². The van der Waals surface area contributed by atoms with E-state index in [1.807, 2.05) is 42.5 Å². The summed E-state index contributed by atoms with van der Waals surface area (Å²) in [6, 6.07) is 9.55. The number of hydrogen-bond donors (Lipinski definition) is 14. The van der Waals surface area contributed by atoms with Gasteiger partial charge in [0.25, 0.3) is 0 Å². The molecule has 18 N–H and O–H groups in total. The number of aromatic amines is 1. The SMILES string of the molecule is C[C@@H]1NC(=O)[C@H](CCCN=C(N)N)NC(=O)[C@H](Cc2c[nH]c3ccccc23)NC(=O)[C@@H]2CCCN2C(=O)[C@H](N)CSCc2cccc(c2)CSC[C@@H](C(=O)O)NC(=O)[C@H](Cc2ccccc2)NC(=O)[C@@H]2CCCN2C(=O)[C@H](CC(N)=O)NC(=O)[C@H]([C@@H](C)O)NC1=O. The number of aliphatic carboxylic acids is 1. The summed E-state index contributed by atoms with van der Waals surface area (Å²) in [5.41, 5.74) is 27.0. The van der Waals surface area contributed by atoms with Crippen LogP contribution in [-0.2, 0) is 77.1 Å². The number of hydrogen-bond acceptors (Lipinski definition) is 16. The van der Waals surface area contributed by atoms with Crippen LogP contribution in [0.2, 0.25) is 0 Å². The molecule has 30 heteroatoms. The molecule has 4 heterocycles. The Balaban J connectivity index is 1.17. The molecule has 91 heavy (non-hydrogen) atoms. The molecule has 3 aromatic carbocycles. The second kappa shape index (κ2) is 33.4. The van der Waals surface area contributed by atoms with Crippen LogP contribution in [0, 0.1) is 0 Å². The van der Waals surface area contributed by atoms with Crippen LogP contribution in [0.1, 0.15) is 81.0 Å². The van der Waals surface area contributed by atoms with Crippen molar-refractivity contribution in [3.8, 4) is 0 Å². The van der Waals surface area contributed by atoms with Gasteiger partial charge in [0.1, 0.15) is 54.4 Å². The number of thioether (sulfide) groups is 2. The van der Waals surface area contributed by atoms with Gasteiger partial charge in [0.2, 0.25) is 59.1 Å². The molecule has 0 spiro atoms. The van der Waals surface area contributed by atoms with Gasteiger partial charge in [-0.15, -0.1) is 0 Å². The van der Waals surface area contributed by atoms with Crippen LogP contribution in [0.25, 0.3) is 10.9 Å². The van der Waals surface area contributed by atoms with E-state index >= 15 is 0 Å². The first-order chi connectivity index (χ1) is 43.5. The zero-order valence-corrected chi connectivity index (χ0v) is 52.2. The number of aliphatic imine (C=N–C) groups is 1. The Labute approximate surface area is 534 Å². The Morgan fingerprint density at radius 2 is 1.22 bits per heavy atom. The molecule has 28 nitrogen and oxygen atoms in total. The van der Waals surface area contributed by atoms with Crippen LogP contribution in [0.4, 0.5) is 0 Å². The van der Waals surface area contributed by atoms with Crippen LogP contribution >= 0.6 is 23.5 Å². The Kier molecular flexibility index (Phi) is 25.6. The van der Waals surface area contributed by atoms with E-state index in [4.69, 9.17) is 22.9 Å². The molecule has 0 unspecified atom stereocenters.